The number of aliphatic hydroxyl groups excluding tert-OH is 1. The van der Waals surface area contributed by atoms with Crippen LogP contribution in [0.3, 0.4) is 0 Å². The molecule has 3 aromatic rings. The Balaban J connectivity index is 1.61. The van der Waals surface area contributed by atoms with Gasteiger partial charge in [-0.3, -0.25) is 0 Å². The van der Waals surface area contributed by atoms with Crippen molar-refractivity contribution in [2.75, 3.05) is 19.8 Å². The lowest BCUT2D eigenvalue weighted by Crippen LogP contribution is -2.43. The molecule has 2 aromatic heterocycles. The minimum Gasteiger partial charge on any atom is -0.543 e. The molecule has 0 bridgehead atoms. The molecule has 0 aliphatic carbocycles. The van der Waals surface area contributed by atoms with Crippen LogP contribution in [-0.4, -0.2) is 64.1 Å². The summed E-state index contributed by atoms with van der Waals surface area (Å²) in [5, 5.41) is 24.9. The third-order valence-electron chi connectivity index (χ3n) is 7.79. The van der Waals surface area contributed by atoms with Gasteiger partial charge in [0.2, 0.25) is 8.32 Å². The van der Waals surface area contributed by atoms with E-state index in [2.05, 4.69) is 64.1 Å². The summed E-state index contributed by atoms with van der Waals surface area (Å²) in [7, 11) is -2.00. The maximum Gasteiger partial charge on any atom is 0.250 e. The predicted molar refractivity (Wildman–Crippen MR) is 152 cm³/mol. The van der Waals surface area contributed by atoms with Crippen molar-refractivity contribution in [2.45, 2.75) is 103 Å². The van der Waals surface area contributed by atoms with Gasteiger partial charge < -0.3 is 19.0 Å². The fourth-order valence-corrected chi connectivity index (χ4v) is 5.30. The first-order valence-electron chi connectivity index (χ1n) is 14.0. The van der Waals surface area contributed by atoms with Crippen LogP contribution in [0.5, 0.6) is 5.75 Å². The van der Waals surface area contributed by atoms with Crippen LogP contribution in [0.1, 0.15) is 79.0 Å². The minimum atomic E-state index is -2.00. The Bertz CT molecular complexity index is 1190. The van der Waals surface area contributed by atoms with Crippen molar-refractivity contribution in [1.82, 2.24) is 24.8 Å². The lowest BCUT2D eigenvalue weighted by molar-refractivity contribution is -0.0365. The van der Waals surface area contributed by atoms with E-state index < -0.39 is 8.32 Å². The van der Waals surface area contributed by atoms with Crippen LogP contribution in [0.25, 0.3) is 22.3 Å². The van der Waals surface area contributed by atoms with E-state index in [-0.39, 0.29) is 23.4 Å². The zero-order chi connectivity index (χ0) is 27.5. The second-order valence-electron chi connectivity index (χ2n) is 12.1. The summed E-state index contributed by atoms with van der Waals surface area (Å²) in [6.45, 7) is 17.0. The Labute approximate surface area is 227 Å². The van der Waals surface area contributed by atoms with E-state index >= 15 is 0 Å². The van der Waals surface area contributed by atoms with Crippen LogP contribution < -0.4 is 4.43 Å². The summed E-state index contributed by atoms with van der Waals surface area (Å²) in [5.74, 6) is 0.865. The van der Waals surface area contributed by atoms with E-state index in [1.54, 1.807) is 17.9 Å². The Morgan fingerprint density at radius 3 is 2.58 bits per heavy atom. The normalized spacial score (nSPS) is 18.6. The Morgan fingerprint density at radius 2 is 1.89 bits per heavy atom. The van der Waals surface area contributed by atoms with Crippen molar-refractivity contribution >= 4 is 19.2 Å². The van der Waals surface area contributed by atoms with Gasteiger partial charge in [0.25, 0.3) is 0 Å². The van der Waals surface area contributed by atoms with Crippen LogP contribution in [0.2, 0.25) is 18.1 Å². The maximum atomic E-state index is 9.39. The lowest BCUT2D eigenvalue weighted by Gasteiger charge is -2.36. The molecule has 1 aliphatic rings. The zero-order valence-electron chi connectivity index (χ0n) is 24.1. The van der Waals surface area contributed by atoms with Crippen molar-refractivity contribution in [1.29, 1.82) is 0 Å². The minimum absolute atomic E-state index is 0.0720. The van der Waals surface area contributed by atoms with Crippen molar-refractivity contribution in [3.63, 3.8) is 0 Å². The molecule has 1 saturated heterocycles. The van der Waals surface area contributed by atoms with Gasteiger partial charge in [-0.2, -0.15) is 20.1 Å². The maximum absolute atomic E-state index is 9.39. The number of benzene rings is 1. The number of hydrogen-bond donors (Lipinski definition) is 1. The highest BCUT2D eigenvalue weighted by Gasteiger charge is 2.39. The summed E-state index contributed by atoms with van der Waals surface area (Å²) in [6.07, 6.45) is 5.94. The summed E-state index contributed by atoms with van der Waals surface area (Å²) in [4.78, 5) is 1.74. The fraction of sp³-hybridized carbons (Fsp3) is 0.679. The van der Waals surface area contributed by atoms with E-state index in [4.69, 9.17) is 24.1 Å². The Kier molecular flexibility index (Phi) is 8.96. The number of aromatic nitrogens is 5. The molecule has 1 fully saturated rings. The average Bonchev–Trinajstić information content (AvgIpc) is 3.48. The third-order valence-corrected chi connectivity index (χ3v) is 12.1. The van der Waals surface area contributed by atoms with Gasteiger partial charge in [-0.1, -0.05) is 20.8 Å². The van der Waals surface area contributed by atoms with E-state index in [0.717, 1.165) is 60.3 Å². The van der Waals surface area contributed by atoms with Gasteiger partial charge >= 0.3 is 0 Å². The molecule has 0 spiro atoms. The van der Waals surface area contributed by atoms with Crippen LogP contribution in [0.4, 0.5) is 0 Å². The van der Waals surface area contributed by atoms with Gasteiger partial charge in [0, 0.05) is 25.2 Å². The number of aliphatic hydroxyl groups is 1. The molecular formula is C28H45N5O4Si. The molecule has 1 N–H and O–H groups in total. The van der Waals surface area contributed by atoms with E-state index in [1.807, 2.05) is 4.68 Å². The smallest absolute Gasteiger partial charge is 0.250 e. The van der Waals surface area contributed by atoms with Crippen molar-refractivity contribution in [2.24, 2.45) is 0 Å². The molecule has 0 amide bonds. The molecule has 4 rings (SSSR count). The number of rotatable bonds is 11. The summed E-state index contributed by atoms with van der Waals surface area (Å²) in [5.41, 5.74) is 2.54. The molecule has 10 heteroatoms. The average molecular weight is 544 g/mol. The molecule has 38 heavy (non-hydrogen) atoms. The second-order valence-corrected chi connectivity index (χ2v) is 16.8. The summed E-state index contributed by atoms with van der Waals surface area (Å²) >= 11 is 0. The Morgan fingerprint density at radius 1 is 1.13 bits per heavy atom. The van der Waals surface area contributed by atoms with E-state index in [9.17, 15) is 5.11 Å². The van der Waals surface area contributed by atoms with Crippen molar-refractivity contribution in [3.05, 3.63) is 24.4 Å². The predicted octanol–water partition coefficient (Wildman–Crippen LogP) is 6.12. The van der Waals surface area contributed by atoms with E-state index in [1.165, 1.54) is 0 Å². The molecule has 0 saturated carbocycles. The van der Waals surface area contributed by atoms with Crippen molar-refractivity contribution in [3.8, 4) is 17.1 Å². The molecule has 3 atom stereocenters. The van der Waals surface area contributed by atoms with Gasteiger partial charge in [-0.25, -0.2) is 4.68 Å². The number of fused-ring (bicyclic) bond motifs is 1. The molecule has 3 heterocycles. The van der Waals surface area contributed by atoms with Crippen LogP contribution in [0.15, 0.2) is 24.4 Å². The van der Waals surface area contributed by atoms with Gasteiger partial charge in [-0.05, 0) is 82.3 Å². The number of nitrogens with zero attached hydrogens (tertiary/aromatic N) is 5. The molecule has 1 aliphatic heterocycles. The first-order valence-corrected chi connectivity index (χ1v) is 16.9. The third kappa shape index (κ3) is 6.65. The van der Waals surface area contributed by atoms with Gasteiger partial charge in [0.05, 0.1) is 23.9 Å². The zero-order valence-corrected chi connectivity index (χ0v) is 25.1. The monoisotopic (exact) mass is 543 g/mol. The van der Waals surface area contributed by atoms with Crippen molar-refractivity contribution < 1.29 is 19.0 Å². The second kappa shape index (κ2) is 11.9. The van der Waals surface area contributed by atoms with Crippen LogP contribution >= 0.6 is 0 Å². The molecule has 210 valence electrons. The molecular weight excluding hydrogens is 498 g/mol. The number of ether oxygens (including phenoxy) is 2. The lowest BCUT2D eigenvalue weighted by atomic mass is 10.1. The van der Waals surface area contributed by atoms with E-state index in [0.29, 0.717) is 19.6 Å². The highest BCUT2D eigenvalue weighted by molar-refractivity contribution is 6.74. The summed E-state index contributed by atoms with van der Waals surface area (Å²) < 4.78 is 20.4. The van der Waals surface area contributed by atoms with Gasteiger partial charge in [0.1, 0.15) is 17.1 Å². The fourth-order valence-electron chi connectivity index (χ4n) is 4.28. The molecule has 1 aromatic carbocycles. The number of hydrogen-bond acceptors (Lipinski definition) is 7. The largest absolute Gasteiger partial charge is 0.543 e. The molecule has 0 radical (unpaired) electrons. The van der Waals surface area contributed by atoms with Crippen LogP contribution in [0, 0.1) is 0 Å². The quantitative estimate of drug-likeness (QED) is 0.230. The van der Waals surface area contributed by atoms with Crippen LogP contribution in [-0.2, 0) is 9.47 Å². The van der Waals surface area contributed by atoms with Gasteiger partial charge in [-0.15, -0.1) is 0 Å². The first-order chi connectivity index (χ1) is 18.0. The summed E-state index contributed by atoms with van der Waals surface area (Å²) in [6, 6.07) is 6.34. The molecule has 9 nitrogen and oxygen atoms in total. The SMILES string of the molecule is CC(O)CCOCCC(C)n1ncc(-c2nn(C3CCCCO3)c3ccc(O[Si](C)(C)C(C)(C)C)cc23)n1. The highest BCUT2D eigenvalue weighted by atomic mass is 28.4. The highest BCUT2D eigenvalue weighted by Crippen LogP contribution is 2.39. The first kappa shape index (κ1) is 28.7. The van der Waals surface area contributed by atoms with Gasteiger partial charge in [0.15, 0.2) is 6.23 Å². The topological polar surface area (TPSA) is 96.5 Å². The standard InChI is InChI=1S/C28H45N5O4Si/c1-20(13-16-35-17-14-21(2)34)33-29-19-24(30-33)27-23-18-22(37-38(6,7)28(3,4)5)11-12-25(23)32(31-27)26-10-8-9-15-36-26/h11-12,18-21,26,34H,8-10,13-17H2,1-7H3. The molecule has 3 unspecified atom stereocenters. The Hall–Kier alpha value is -2.27.